The van der Waals surface area contributed by atoms with Crippen LogP contribution in [0.15, 0.2) is 65.9 Å². The van der Waals surface area contributed by atoms with Crippen molar-refractivity contribution in [3.05, 3.63) is 60.9 Å². The third kappa shape index (κ3) is 3.26. The van der Waals surface area contributed by atoms with Crippen LogP contribution in [0, 0.1) is 0 Å². The minimum Gasteiger partial charge on any atom is -0.457 e. The summed E-state index contributed by atoms with van der Waals surface area (Å²) in [6.45, 7) is 0.549. The van der Waals surface area contributed by atoms with E-state index in [0.29, 0.717) is 41.3 Å². The van der Waals surface area contributed by atoms with Crippen molar-refractivity contribution in [2.75, 3.05) is 12.3 Å². The van der Waals surface area contributed by atoms with Crippen LogP contribution in [0.5, 0.6) is 11.5 Å². The Kier molecular flexibility index (Phi) is 4.59. The van der Waals surface area contributed by atoms with Crippen LogP contribution in [0.2, 0.25) is 0 Å². The first kappa shape index (κ1) is 18.2. The molecule has 5 rings (SSSR count). The number of aliphatic imine (C=N–C) groups is 1. The molecule has 7 nitrogen and oxygen atoms in total. The van der Waals surface area contributed by atoms with Crippen LogP contribution in [-0.4, -0.2) is 38.7 Å². The van der Waals surface area contributed by atoms with E-state index >= 15 is 0 Å². The Morgan fingerprint density at radius 2 is 1.77 bits per heavy atom. The number of rotatable bonds is 4. The Morgan fingerprint density at radius 1 is 1.00 bits per heavy atom. The Morgan fingerprint density at radius 3 is 2.53 bits per heavy atom. The van der Waals surface area contributed by atoms with Gasteiger partial charge < -0.3 is 10.5 Å². The van der Waals surface area contributed by atoms with E-state index in [2.05, 4.69) is 15.0 Å². The number of hydrogen-bond donors (Lipinski definition) is 1. The summed E-state index contributed by atoms with van der Waals surface area (Å²) in [6.07, 6.45) is 2.02. The van der Waals surface area contributed by atoms with Crippen LogP contribution in [0.4, 0.5) is 10.2 Å². The minimum atomic E-state index is -1.23. The number of fused-ring (bicyclic) bond motifs is 1. The van der Waals surface area contributed by atoms with Gasteiger partial charge in [-0.05, 0) is 42.8 Å². The van der Waals surface area contributed by atoms with Crippen molar-refractivity contribution in [2.24, 2.45) is 4.99 Å². The normalized spacial score (nSPS) is 18.6. The smallest absolute Gasteiger partial charge is 0.164 e. The predicted octanol–water partition coefficient (Wildman–Crippen LogP) is 4.22. The average Bonchev–Trinajstić information content (AvgIpc) is 3.16. The van der Waals surface area contributed by atoms with Crippen LogP contribution < -0.4 is 10.5 Å². The van der Waals surface area contributed by atoms with Crippen molar-refractivity contribution < 1.29 is 9.13 Å². The molecule has 0 fully saturated rings. The first-order chi connectivity index (χ1) is 14.7. The number of hydrogen-bond acceptors (Lipinski definition) is 6. The highest BCUT2D eigenvalue weighted by Gasteiger charge is 2.29. The molecule has 2 atom stereocenters. The number of anilines is 1. The number of benzene rings is 2. The van der Waals surface area contributed by atoms with Gasteiger partial charge in [0, 0.05) is 18.3 Å². The maximum Gasteiger partial charge on any atom is 0.164 e. The van der Waals surface area contributed by atoms with E-state index in [1.54, 1.807) is 4.68 Å². The molecule has 4 aromatic rings. The lowest BCUT2D eigenvalue weighted by atomic mass is 10.1. The number of nitrogen functional groups attached to an aromatic ring is 1. The van der Waals surface area contributed by atoms with Gasteiger partial charge in [-0.1, -0.05) is 18.2 Å². The molecule has 2 aromatic carbocycles. The Bertz CT molecular complexity index is 1210. The molecule has 0 radical (unpaired) electrons. The van der Waals surface area contributed by atoms with Crippen LogP contribution in [0.1, 0.15) is 12.5 Å². The lowest BCUT2D eigenvalue weighted by Crippen LogP contribution is -2.27. The van der Waals surface area contributed by atoms with Gasteiger partial charge in [-0.2, -0.15) is 5.10 Å². The van der Waals surface area contributed by atoms with E-state index in [4.69, 9.17) is 15.6 Å². The molecule has 1 aliphatic rings. The monoisotopic (exact) mass is 402 g/mol. The number of aromatic nitrogens is 4. The van der Waals surface area contributed by atoms with Gasteiger partial charge in [0.2, 0.25) is 0 Å². The average molecular weight is 402 g/mol. The summed E-state index contributed by atoms with van der Waals surface area (Å²) in [6, 6.07) is 16.6. The van der Waals surface area contributed by atoms with Crippen molar-refractivity contribution in [1.82, 2.24) is 19.7 Å². The summed E-state index contributed by atoms with van der Waals surface area (Å²) >= 11 is 0. The van der Waals surface area contributed by atoms with Gasteiger partial charge in [0.1, 0.15) is 29.3 Å². The second-order valence-electron chi connectivity index (χ2n) is 7.05. The maximum atomic E-state index is 14.5. The Labute approximate surface area is 172 Å². The summed E-state index contributed by atoms with van der Waals surface area (Å²) in [7, 11) is 0. The Balaban J connectivity index is 1.55. The summed E-state index contributed by atoms with van der Waals surface area (Å²) in [5, 5.41) is 5.31. The third-order valence-electron chi connectivity index (χ3n) is 5.11. The summed E-state index contributed by atoms with van der Waals surface area (Å²) < 4.78 is 22.0. The van der Waals surface area contributed by atoms with Gasteiger partial charge in [0.05, 0.1) is 11.4 Å². The largest absolute Gasteiger partial charge is 0.457 e. The van der Waals surface area contributed by atoms with Crippen molar-refractivity contribution in [1.29, 1.82) is 0 Å². The number of halogens is 1. The molecule has 0 bridgehead atoms. The number of ether oxygens (including phenoxy) is 1. The Hall–Kier alpha value is -3.81. The molecule has 2 N–H and O–H groups in total. The fourth-order valence-corrected chi connectivity index (χ4v) is 3.63. The van der Waals surface area contributed by atoms with Crippen LogP contribution in [0.25, 0.3) is 22.3 Å². The van der Waals surface area contributed by atoms with Gasteiger partial charge >= 0.3 is 0 Å². The van der Waals surface area contributed by atoms with Crippen molar-refractivity contribution in [3.8, 4) is 22.8 Å². The molecule has 0 aliphatic carbocycles. The molecule has 150 valence electrons. The zero-order valence-corrected chi connectivity index (χ0v) is 16.0. The first-order valence-electron chi connectivity index (χ1n) is 9.67. The highest BCUT2D eigenvalue weighted by Crippen LogP contribution is 2.35. The van der Waals surface area contributed by atoms with Crippen LogP contribution >= 0.6 is 0 Å². The van der Waals surface area contributed by atoms with E-state index in [9.17, 15) is 4.39 Å². The van der Waals surface area contributed by atoms with Crippen LogP contribution in [-0.2, 0) is 0 Å². The molecular formula is C22H19FN6O. The standard InChI is InChI=1S/C22H19FN6O/c23-17-12-25-11-10-18(17)29-22-19(21(24)26-13-27-22)20(28-29)14-6-8-16(9-7-14)30-15-4-2-1-3-5-15/h1-9,12-13,17-18H,10-11H2,(H2,24,26,27). The van der Waals surface area contributed by atoms with Gasteiger partial charge in [0.15, 0.2) is 11.8 Å². The van der Waals surface area contributed by atoms with Crippen molar-refractivity contribution in [3.63, 3.8) is 0 Å². The molecule has 0 saturated heterocycles. The highest BCUT2D eigenvalue weighted by molar-refractivity contribution is 5.98. The molecule has 0 amide bonds. The van der Waals surface area contributed by atoms with Gasteiger partial charge in [-0.25, -0.2) is 19.0 Å². The van der Waals surface area contributed by atoms with Gasteiger partial charge in [-0.15, -0.1) is 0 Å². The summed E-state index contributed by atoms with van der Waals surface area (Å²) in [4.78, 5) is 12.5. The molecule has 1 aliphatic heterocycles. The third-order valence-corrected chi connectivity index (χ3v) is 5.11. The number of nitrogens with zero attached hydrogens (tertiary/aromatic N) is 5. The fraction of sp³-hybridized carbons (Fsp3) is 0.182. The molecular weight excluding hydrogens is 383 g/mol. The molecule has 3 heterocycles. The summed E-state index contributed by atoms with van der Waals surface area (Å²) in [5.74, 6) is 1.77. The van der Waals surface area contributed by atoms with Gasteiger partial charge in [-0.3, -0.25) is 4.99 Å². The number of nitrogens with two attached hydrogens (primary N) is 1. The fourth-order valence-electron chi connectivity index (χ4n) is 3.63. The van der Waals surface area contributed by atoms with E-state index < -0.39 is 12.2 Å². The van der Waals surface area contributed by atoms with Crippen molar-refractivity contribution in [2.45, 2.75) is 18.6 Å². The molecule has 2 unspecified atom stereocenters. The minimum absolute atomic E-state index is 0.311. The molecule has 30 heavy (non-hydrogen) atoms. The second kappa shape index (κ2) is 7.55. The number of alkyl halides is 1. The SMILES string of the molecule is Nc1ncnc2c1c(-c1ccc(Oc3ccccc3)cc1)nn2C1CCN=CC1F. The van der Waals surface area contributed by atoms with Crippen molar-refractivity contribution >= 4 is 23.1 Å². The molecule has 8 heteroatoms. The molecule has 2 aromatic heterocycles. The maximum absolute atomic E-state index is 14.5. The molecule has 0 saturated carbocycles. The summed E-state index contributed by atoms with van der Waals surface area (Å²) in [5.41, 5.74) is 8.11. The van der Waals surface area contributed by atoms with Gasteiger partial charge in [0.25, 0.3) is 0 Å². The van der Waals surface area contributed by atoms with E-state index in [0.717, 1.165) is 11.3 Å². The number of para-hydroxylation sites is 1. The van der Waals surface area contributed by atoms with E-state index in [1.165, 1.54) is 12.5 Å². The zero-order valence-electron chi connectivity index (χ0n) is 16.0. The zero-order chi connectivity index (χ0) is 20.5. The lowest BCUT2D eigenvalue weighted by molar-refractivity contribution is 0.271. The quantitative estimate of drug-likeness (QED) is 0.552. The van der Waals surface area contributed by atoms with Crippen LogP contribution in [0.3, 0.4) is 0 Å². The highest BCUT2D eigenvalue weighted by atomic mass is 19.1. The second-order valence-corrected chi connectivity index (χ2v) is 7.05. The molecule has 0 spiro atoms. The van der Waals surface area contributed by atoms with E-state index in [-0.39, 0.29) is 0 Å². The van der Waals surface area contributed by atoms with E-state index in [1.807, 2.05) is 54.6 Å². The predicted molar refractivity (Wildman–Crippen MR) is 114 cm³/mol. The lowest BCUT2D eigenvalue weighted by Gasteiger charge is -2.21. The first-order valence-corrected chi connectivity index (χ1v) is 9.67. The topological polar surface area (TPSA) is 91.2 Å².